The molecule has 2 N–H and O–H groups in total. The Morgan fingerprint density at radius 2 is 1.63 bits per heavy atom. The number of carbonyl (C=O) groups excluding carboxylic acids is 1. The predicted octanol–water partition coefficient (Wildman–Crippen LogP) is 7.64. The van der Waals surface area contributed by atoms with Gasteiger partial charge in [-0.2, -0.15) is 13.2 Å². The van der Waals surface area contributed by atoms with E-state index in [1.807, 2.05) is 17.5 Å². The number of nitrogens with one attached hydrogen (secondary N) is 1. The molecule has 1 fully saturated rings. The summed E-state index contributed by atoms with van der Waals surface area (Å²) in [6.07, 6.45) is -0.279. The van der Waals surface area contributed by atoms with E-state index in [4.69, 9.17) is 10.1 Å². The average molecular weight is 588 g/mol. The first-order valence-corrected chi connectivity index (χ1v) is 14.7. The van der Waals surface area contributed by atoms with Crippen LogP contribution >= 0.6 is 11.3 Å². The minimum Gasteiger partial charge on any atom is -0.481 e. The summed E-state index contributed by atoms with van der Waals surface area (Å²) < 4.78 is 39.1. The molecule has 220 valence electrons. The van der Waals surface area contributed by atoms with Crippen molar-refractivity contribution >= 4 is 28.3 Å². The highest BCUT2D eigenvalue weighted by Gasteiger charge is 2.33. The van der Waals surface area contributed by atoms with Gasteiger partial charge >= 0.3 is 12.1 Å². The molecule has 1 heterocycles. The summed E-state index contributed by atoms with van der Waals surface area (Å²) in [5.41, 5.74) is 2.28. The number of aromatic nitrogens is 1. The molecule has 1 aliphatic carbocycles. The zero-order valence-electron chi connectivity index (χ0n) is 23.5. The van der Waals surface area contributed by atoms with Crippen LogP contribution in [0.2, 0.25) is 0 Å². The highest BCUT2D eigenvalue weighted by Crippen LogP contribution is 2.41. The first kappa shape index (κ1) is 30.6. The van der Waals surface area contributed by atoms with E-state index in [1.54, 1.807) is 12.1 Å². The van der Waals surface area contributed by atoms with E-state index in [2.05, 4.69) is 31.0 Å². The first-order valence-electron chi connectivity index (χ1n) is 13.8. The molecule has 0 bridgehead atoms. The van der Waals surface area contributed by atoms with Crippen LogP contribution in [0.25, 0.3) is 11.3 Å². The van der Waals surface area contributed by atoms with E-state index in [9.17, 15) is 22.8 Å². The molecule has 41 heavy (non-hydrogen) atoms. The Balaban J connectivity index is 1.53. The van der Waals surface area contributed by atoms with Crippen LogP contribution in [0.15, 0.2) is 53.9 Å². The van der Waals surface area contributed by atoms with Crippen LogP contribution in [0.1, 0.15) is 74.4 Å². The van der Waals surface area contributed by atoms with Crippen molar-refractivity contribution in [3.05, 3.63) is 70.6 Å². The number of benzene rings is 2. The van der Waals surface area contributed by atoms with E-state index in [0.29, 0.717) is 29.3 Å². The van der Waals surface area contributed by atoms with Gasteiger partial charge in [-0.15, -0.1) is 11.3 Å². The second kappa shape index (κ2) is 12.6. The van der Waals surface area contributed by atoms with Crippen molar-refractivity contribution in [3.63, 3.8) is 0 Å². The molecule has 0 spiro atoms. The summed E-state index contributed by atoms with van der Waals surface area (Å²) in [4.78, 5) is 30.2. The Hall–Kier alpha value is -3.40. The number of hydrogen-bond donors (Lipinski definition) is 2. The lowest BCUT2D eigenvalue weighted by Gasteiger charge is -2.41. The van der Waals surface area contributed by atoms with E-state index in [-0.39, 0.29) is 30.3 Å². The van der Waals surface area contributed by atoms with Crippen molar-refractivity contribution in [1.82, 2.24) is 10.3 Å². The molecule has 0 unspecified atom stereocenters. The third-order valence-corrected chi connectivity index (χ3v) is 8.68. The number of carboxylic acids is 1. The molecule has 1 aromatic heterocycles. The summed E-state index contributed by atoms with van der Waals surface area (Å²) in [6.45, 7) is 7.49. The van der Waals surface area contributed by atoms with Crippen molar-refractivity contribution < 1.29 is 27.9 Å². The summed E-state index contributed by atoms with van der Waals surface area (Å²) in [5.74, 6) is -0.657. The molecule has 0 atom stereocenters. The quantitative estimate of drug-likeness (QED) is 0.269. The maximum atomic E-state index is 13.0. The Morgan fingerprint density at radius 1 is 1.00 bits per heavy atom. The summed E-state index contributed by atoms with van der Waals surface area (Å²) in [7, 11) is 0. The van der Waals surface area contributed by atoms with E-state index in [1.165, 1.54) is 23.5 Å². The smallest absolute Gasteiger partial charge is 0.416 e. The zero-order valence-corrected chi connectivity index (χ0v) is 24.3. The fraction of sp³-hybridized carbons (Fsp3) is 0.452. The SMILES string of the molecule is CC(C)(C)C1CCC(N(Cc2ccc(C(=O)NCCC(=O)O)cc2)c2nc(-c3ccc(C(F)(F)F)cc3)cs2)CC1. The van der Waals surface area contributed by atoms with Crippen LogP contribution in [0.5, 0.6) is 0 Å². The molecular formula is C31H36F3N3O3S. The summed E-state index contributed by atoms with van der Waals surface area (Å²) in [6, 6.07) is 12.6. The number of hydrogen-bond acceptors (Lipinski definition) is 5. The van der Waals surface area contributed by atoms with Gasteiger partial charge in [-0.3, -0.25) is 9.59 Å². The fourth-order valence-corrected chi connectivity index (χ4v) is 6.21. The monoisotopic (exact) mass is 587 g/mol. The van der Waals surface area contributed by atoms with Gasteiger partial charge in [0.05, 0.1) is 17.7 Å². The van der Waals surface area contributed by atoms with Gasteiger partial charge in [0.25, 0.3) is 5.91 Å². The Kier molecular flexibility index (Phi) is 9.41. The normalized spacial score (nSPS) is 17.7. The maximum absolute atomic E-state index is 13.0. The van der Waals surface area contributed by atoms with Crippen molar-refractivity contribution in [2.45, 2.75) is 71.6 Å². The number of nitrogens with zero attached hydrogens (tertiary/aromatic N) is 2. The highest BCUT2D eigenvalue weighted by molar-refractivity contribution is 7.14. The molecule has 6 nitrogen and oxygen atoms in total. The van der Waals surface area contributed by atoms with Gasteiger partial charge in [-0.05, 0) is 66.8 Å². The van der Waals surface area contributed by atoms with E-state index in [0.717, 1.165) is 48.5 Å². The van der Waals surface area contributed by atoms with Crippen LogP contribution in [-0.2, 0) is 17.5 Å². The van der Waals surface area contributed by atoms with Gasteiger partial charge in [0.2, 0.25) is 0 Å². The van der Waals surface area contributed by atoms with Gasteiger partial charge in [-0.25, -0.2) is 4.98 Å². The number of carboxylic acid groups (broad SMARTS) is 1. The van der Waals surface area contributed by atoms with Crippen molar-refractivity contribution in [3.8, 4) is 11.3 Å². The Morgan fingerprint density at radius 3 is 2.20 bits per heavy atom. The number of rotatable bonds is 9. The van der Waals surface area contributed by atoms with Gasteiger partial charge in [-0.1, -0.05) is 45.0 Å². The molecule has 0 radical (unpaired) electrons. The van der Waals surface area contributed by atoms with Crippen LogP contribution in [0, 0.1) is 11.3 Å². The van der Waals surface area contributed by atoms with E-state index < -0.39 is 17.7 Å². The van der Waals surface area contributed by atoms with Gasteiger partial charge in [0.1, 0.15) is 0 Å². The molecular weight excluding hydrogens is 551 g/mol. The van der Waals surface area contributed by atoms with E-state index >= 15 is 0 Å². The Labute approximate surface area is 242 Å². The number of halogens is 3. The van der Waals surface area contributed by atoms with Crippen LogP contribution in [0.4, 0.5) is 18.3 Å². The molecule has 1 saturated carbocycles. The minimum absolute atomic E-state index is 0.0618. The molecule has 1 amide bonds. The van der Waals surface area contributed by atoms with Crippen molar-refractivity contribution in [1.29, 1.82) is 0 Å². The lowest BCUT2D eigenvalue weighted by atomic mass is 9.71. The summed E-state index contributed by atoms with van der Waals surface area (Å²) >= 11 is 1.48. The average Bonchev–Trinajstić information content (AvgIpc) is 3.41. The Bertz CT molecular complexity index is 1320. The molecule has 3 aromatic rings. The molecule has 10 heteroatoms. The standard InChI is InChI=1S/C31H36F3N3O3S/c1-30(2,3)23-12-14-25(15-13-23)37(18-20-4-6-22(7-5-20)28(40)35-17-16-27(38)39)29-36-26(19-41-29)21-8-10-24(11-9-21)31(32,33)34/h4-11,19,23,25H,12-18H2,1-3H3,(H,35,40)(H,38,39). The minimum atomic E-state index is -4.39. The predicted molar refractivity (Wildman–Crippen MR) is 155 cm³/mol. The maximum Gasteiger partial charge on any atom is 0.416 e. The molecule has 2 aromatic carbocycles. The summed E-state index contributed by atoms with van der Waals surface area (Å²) in [5, 5.41) is 14.1. The lowest BCUT2D eigenvalue weighted by molar-refractivity contribution is -0.138. The van der Waals surface area contributed by atoms with Gasteiger partial charge < -0.3 is 15.3 Å². The number of carbonyl (C=O) groups is 2. The number of alkyl halides is 3. The topological polar surface area (TPSA) is 82.5 Å². The lowest BCUT2D eigenvalue weighted by Crippen LogP contribution is -2.39. The molecule has 0 saturated heterocycles. The third kappa shape index (κ3) is 8.09. The highest BCUT2D eigenvalue weighted by atomic mass is 32.1. The molecule has 0 aliphatic heterocycles. The fourth-order valence-electron chi connectivity index (χ4n) is 5.31. The number of thiazole rings is 1. The third-order valence-electron chi connectivity index (χ3n) is 7.80. The van der Waals surface area contributed by atoms with Crippen molar-refractivity contribution in [2.75, 3.05) is 11.4 Å². The second-order valence-electron chi connectivity index (χ2n) is 11.7. The first-order chi connectivity index (χ1) is 19.3. The zero-order chi connectivity index (χ0) is 29.8. The van der Waals surface area contributed by atoms with Crippen LogP contribution < -0.4 is 10.2 Å². The number of aliphatic carboxylic acids is 1. The van der Waals surface area contributed by atoms with Crippen molar-refractivity contribution in [2.24, 2.45) is 11.3 Å². The van der Waals surface area contributed by atoms with Crippen LogP contribution in [0.3, 0.4) is 0 Å². The largest absolute Gasteiger partial charge is 0.481 e. The number of anilines is 1. The van der Waals surface area contributed by atoms with Gasteiger partial charge in [0, 0.05) is 35.6 Å². The molecule has 1 aliphatic rings. The molecule has 4 rings (SSSR count). The van der Waals surface area contributed by atoms with Gasteiger partial charge in [0.15, 0.2) is 5.13 Å². The second-order valence-corrected chi connectivity index (χ2v) is 12.5. The number of amides is 1. The van der Waals surface area contributed by atoms with Crippen LogP contribution in [-0.4, -0.2) is 34.6 Å².